The molecule has 2 rings (SSSR count). The van der Waals surface area contributed by atoms with Gasteiger partial charge in [0.25, 0.3) is 5.91 Å². The molecule has 0 spiro atoms. The molecule has 0 aliphatic rings. The molecule has 114 valence electrons. The molecule has 6 nitrogen and oxygen atoms in total. The Balaban J connectivity index is 2.32. The summed E-state index contributed by atoms with van der Waals surface area (Å²) in [4.78, 5) is 19.6. The minimum absolute atomic E-state index is 0.0542. The Labute approximate surface area is 128 Å². The second kappa shape index (κ2) is 5.55. The molecule has 0 saturated carbocycles. The predicted octanol–water partition coefficient (Wildman–Crippen LogP) is 2.89. The molecule has 7 heteroatoms. The van der Waals surface area contributed by atoms with E-state index in [-0.39, 0.29) is 11.4 Å². The van der Waals surface area contributed by atoms with Gasteiger partial charge < -0.3 is 9.32 Å². The van der Waals surface area contributed by atoms with Crippen molar-refractivity contribution in [2.45, 2.75) is 53.6 Å². The van der Waals surface area contributed by atoms with Crippen molar-refractivity contribution < 1.29 is 9.21 Å². The summed E-state index contributed by atoms with van der Waals surface area (Å²) in [6, 6.07) is 0. The lowest BCUT2D eigenvalue weighted by Gasteiger charge is -2.34. The fourth-order valence-corrected chi connectivity index (χ4v) is 2.87. The van der Waals surface area contributed by atoms with Gasteiger partial charge in [-0.05, 0) is 34.6 Å². The van der Waals surface area contributed by atoms with Crippen LogP contribution in [0.5, 0.6) is 0 Å². The highest BCUT2D eigenvalue weighted by Gasteiger charge is 2.31. The van der Waals surface area contributed by atoms with Gasteiger partial charge in [-0.15, -0.1) is 21.5 Å². The third kappa shape index (κ3) is 3.47. The Kier molecular flexibility index (Phi) is 4.13. The largest absolute Gasteiger partial charge is 0.424 e. The Hall–Kier alpha value is -1.76. The third-order valence-electron chi connectivity index (χ3n) is 3.01. The van der Waals surface area contributed by atoms with Crippen LogP contribution in [0, 0.1) is 20.8 Å². The first-order valence-corrected chi connectivity index (χ1v) is 7.55. The van der Waals surface area contributed by atoms with Crippen molar-refractivity contribution in [3.8, 4) is 0 Å². The lowest BCUT2D eigenvalue weighted by atomic mass is 10.1. The maximum absolute atomic E-state index is 12.8. The number of hydrogen-bond acceptors (Lipinski definition) is 6. The van der Waals surface area contributed by atoms with Gasteiger partial charge in [-0.1, -0.05) is 0 Å². The summed E-state index contributed by atoms with van der Waals surface area (Å²) in [5, 5.41) is 8.68. The molecular weight excluding hydrogens is 288 g/mol. The number of carbonyl (C=O) groups excluding carboxylic acids is 1. The molecule has 0 atom stereocenters. The van der Waals surface area contributed by atoms with Crippen molar-refractivity contribution >= 4 is 17.2 Å². The summed E-state index contributed by atoms with van der Waals surface area (Å²) < 4.78 is 5.40. The smallest absolute Gasteiger partial charge is 0.266 e. The van der Waals surface area contributed by atoms with Crippen molar-refractivity contribution in [1.82, 2.24) is 20.1 Å². The average molecular weight is 308 g/mol. The number of aromatic nitrogens is 3. The molecular formula is C14H20N4O2S. The number of carbonyl (C=O) groups is 1. The molecule has 1 amide bonds. The number of rotatable bonds is 3. The van der Waals surface area contributed by atoms with Crippen molar-refractivity contribution in [1.29, 1.82) is 0 Å². The van der Waals surface area contributed by atoms with Gasteiger partial charge in [0.05, 0.1) is 17.2 Å². The van der Waals surface area contributed by atoms with Crippen LogP contribution >= 0.6 is 11.3 Å². The minimum atomic E-state index is -0.357. The molecule has 0 bridgehead atoms. The summed E-state index contributed by atoms with van der Waals surface area (Å²) in [6.07, 6.45) is 0. The van der Waals surface area contributed by atoms with E-state index in [2.05, 4.69) is 15.2 Å². The van der Waals surface area contributed by atoms with Crippen LogP contribution in [0.15, 0.2) is 4.42 Å². The van der Waals surface area contributed by atoms with E-state index in [1.165, 1.54) is 11.3 Å². The lowest BCUT2D eigenvalue weighted by molar-refractivity contribution is 0.0536. The first-order chi connectivity index (χ1) is 9.68. The lowest BCUT2D eigenvalue weighted by Crippen LogP contribution is -2.45. The van der Waals surface area contributed by atoms with Gasteiger partial charge in [-0.25, -0.2) is 4.98 Å². The van der Waals surface area contributed by atoms with E-state index in [1.807, 2.05) is 34.6 Å². The molecule has 0 saturated heterocycles. The molecule has 0 aromatic carbocycles. The summed E-state index contributed by atoms with van der Waals surface area (Å²) >= 11 is 1.41. The van der Waals surface area contributed by atoms with Gasteiger partial charge in [0, 0.05) is 12.5 Å². The van der Waals surface area contributed by atoms with Gasteiger partial charge in [-0.2, -0.15) is 0 Å². The first kappa shape index (κ1) is 15.6. The van der Waals surface area contributed by atoms with E-state index in [0.29, 0.717) is 23.2 Å². The van der Waals surface area contributed by atoms with E-state index < -0.39 is 0 Å². The van der Waals surface area contributed by atoms with E-state index in [1.54, 1.807) is 11.8 Å². The maximum Gasteiger partial charge on any atom is 0.266 e. The second-order valence-corrected chi connectivity index (χ2v) is 7.13. The SMILES string of the molecule is Cc1nnc(CN(C(=O)c2sc(C)nc2C)C(C)(C)C)o1. The highest BCUT2D eigenvalue weighted by atomic mass is 32.1. The molecule has 2 aromatic heterocycles. The molecule has 0 aliphatic carbocycles. The molecule has 0 radical (unpaired) electrons. The Morgan fingerprint density at radius 3 is 2.33 bits per heavy atom. The topological polar surface area (TPSA) is 72.1 Å². The zero-order valence-electron chi connectivity index (χ0n) is 13.2. The van der Waals surface area contributed by atoms with Crippen molar-refractivity contribution in [2.75, 3.05) is 0 Å². The molecule has 21 heavy (non-hydrogen) atoms. The zero-order valence-corrected chi connectivity index (χ0v) is 14.0. The number of thiazole rings is 1. The second-order valence-electron chi connectivity index (χ2n) is 5.92. The average Bonchev–Trinajstić information content (AvgIpc) is 2.90. The number of aryl methyl sites for hydroxylation is 3. The van der Waals surface area contributed by atoms with Gasteiger partial charge in [0.1, 0.15) is 4.88 Å². The summed E-state index contributed by atoms with van der Waals surface area (Å²) in [5.41, 5.74) is 0.405. The molecule has 2 heterocycles. The van der Waals surface area contributed by atoms with Crippen LogP contribution < -0.4 is 0 Å². The normalized spacial score (nSPS) is 11.7. The summed E-state index contributed by atoms with van der Waals surface area (Å²) in [7, 11) is 0. The third-order valence-corrected chi connectivity index (χ3v) is 4.07. The zero-order chi connectivity index (χ0) is 15.8. The maximum atomic E-state index is 12.8. The van der Waals surface area contributed by atoms with Crippen molar-refractivity contribution in [3.05, 3.63) is 27.4 Å². The number of amides is 1. The predicted molar refractivity (Wildman–Crippen MR) is 80.2 cm³/mol. The monoisotopic (exact) mass is 308 g/mol. The molecule has 2 aromatic rings. The molecule has 0 aliphatic heterocycles. The Morgan fingerprint density at radius 1 is 1.24 bits per heavy atom. The van der Waals surface area contributed by atoms with E-state index in [4.69, 9.17) is 4.42 Å². The highest BCUT2D eigenvalue weighted by molar-refractivity contribution is 7.13. The molecule has 0 N–H and O–H groups in total. The van der Waals surface area contributed by atoms with E-state index in [0.717, 1.165) is 10.7 Å². The van der Waals surface area contributed by atoms with Crippen molar-refractivity contribution in [2.24, 2.45) is 0 Å². The van der Waals surface area contributed by atoms with Gasteiger partial charge in [0.15, 0.2) is 0 Å². The number of hydrogen-bond donors (Lipinski definition) is 0. The highest BCUT2D eigenvalue weighted by Crippen LogP contribution is 2.25. The van der Waals surface area contributed by atoms with Crippen LogP contribution in [0.2, 0.25) is 0 Å². The summed E-state index contributed by atoms with van der Waals surface area (Å²) in [6.45, 7) is 11.7. The van der Waals surface area contributed by atoms with Crippen LogP contribution in [-0.2, 0) is 6.54 Å². The van der Waals surface area contributed by atoms with Gasteiger partial charge >= 0.3 is 0 Å². The van der Waals surface area contributed by atoms with Crippen LogP contribution in [0.1, 0.15) is 52.9 Å². The van der Waals surface area contributed by atoms with Crippen LogP contribution in [0.25, 0.3) is 0 Å². The van der Waals surface area contributed by atoms with Gasteiger partial charge in [0.2, 0.25) is 11.8 Å². The quantitative estimate of drug-likeness (QED) is 0.871. The Morgan fingerprint density at radius 2 is 1.90 bits per heavy atom. The minimum Gasteiger partial charge on any atom is -0.424 e. The molecule has 0 fully saturated rings. The molecule has 0 unspecified atom stereocenters. The number of nitrogens with zero attached hydrogens (tertiary/aromatic N) is 4. The standard InChI is InChI=1S/C14H20N4O2S/c1-8-12(21-10(3)15-8)13(19)18(14(4,5)6)7-11-17-16-9(2)20-11/h7H2,1-6H3. The van der Waals surface area contributed by atoms with E-state index in [9.17, 15) is 4.79 Å². The van der Waals surface area contributed by atoms with Crippen LogP contribution in [-0.4, -0.2) is 31.5 Å². The van der Waals surface area contributed by atoms with Gasteiger partial charge in [-0.3, -0.25) is 4.79 Å². The van der Waals surface area contributed by atoms with Crippen LogP contribution in [0.3, 0.4) is 0 Å². The summed E-state index contributed by atoms with van der Waals surface area (Å²) in [5.74, 6) is 0.882. The first-order valence-electron chi connectivity index (χ1n) is 6.73. The van der Waals surface area contributed by atoms with Crippen LogP contribution in [0.4, 0.5) is 0 Å². The fourth-order valence-electron chi connectivity index (χ4n) is 2.00. The van der Waals surface area contributed by atoms with Crippen molar-refractivity contribution in [3.63, 3.8) is 0 Å². The Bertz CT molecular complexity index is 654. The fraction of sp³-hybridized carbons (Fsp3) is 0.571. The van der Waals surface area contributed by atoms with E-state index >= 15 is 0 Å².